The Morgan fingerprint density at radius 2 is 2.31 bits per heavy atom. The lowest BCUT2D eigenvalue weighted by molar-refractivity contribution is -0.400. The first kappa shape index (κ1) is 12.5. The van der Waals surface area contributed by atoms with Crippen molar-refractivity contribution in [1.29, 1.82) is 0 Å². The second-order valence-corrected chi connectivity index (χ2v) is 3.74. The fourth-order valence-corrected chi connectivity index (χ4v) is 1.56. The smallest absolute Gasteiger partial charge is 0.235 e. The van der Waals surface area contributed by atoms with Crippen molar-refractivity contribution >= 4 is 22.0 Å². The maximum absolute atomic E-state index is 10.2. The minimum Gasteiger partial charge on any atom is -0.503 e. The number of ether oxygens (including phenoxy) is 1. The van der Waals surface area contributed by atoms with Crippen LogP contribution in [-0.4, -0.2) is 16.6 Å². The van der Waals surface area contributed by atoms with Gasteiger partial charge in [-0.15, -0.1) is 0 Å². The largest absolute Gasteiger partial charge is 0.503 e. The Hall–Kier alpha value is -1.56. The molecular weight excluding hydrogens is 278 g/mol. The van der Waals surface area contributed by atoms with Gasteiger partial charge in [-0.1, -0.05) is 0 Å². The summed E-state index contributed by atoms with van der Waals surface area (Å²) in [4.78, 5) is 9.61. The molecule has 1 rings (SSSR count). The van der Waals surface area contributed by atoms with Gasteiger partial charge in [0.2, 0.25) is 6.20 Å². The maximum Gasteiger partial charge on any atom is 0.235 e. The average molecular weight is 288 g/mol. The molecule has 0 saturated heterocycles. The van der Waals surface area contributed by atoms with Crippen molar-refractivity contribution in [3.8, 4) is 11.5 Å². The lowest BCUT2D eigenvalue weighted by Gasteiger charge is -2.08. The molecule has 0 amide bonds. The molecule has 0 saturated carbocycles. The van der Waals surface area contributed by atoms with Crippen molar-refractivity contribution in [3.63, 3.8) is 0 Å². The minimum absolute atomic E-state index is 0.0138. The van der Waals surface area contributed by atoms with Crippen molar-refractivity contribution < 1.29 is 14.8 Å². The van der Waals surface area contributed by atoms with Crippen LogP contribution in [0.4, 0.5) is 0 Å². The van der Waals surface area contributed by atoms with E-state index in [1.54, 1.807) is 13.0 Å². The van der Waals surface area contributed by atoms with Gasteiger partial charge in [0.05, 0.1) is 16.0 Å². The highest BCUT2D eigenvalue weighted by Crippen LogP contribution is 2.35. The van der Waals surface area contributed by atoms with Gasteiger partial charge in [-0.2, -0.15) is 0 Å². The van der Waals surface area contributed by atoms with Crippen LogP contribution in [0.3, 0.4) is 0 Å². The second-order valence-electron chi connectivity index (χ2n) is 2.88. The molecule has 0 aromatic heterocycles. The van der Waals surface area contributed by atoms with Gasteiger partial charge in [-0.3, -0.25) is 10.1 Å². The van der Waals surface area contributed by atoms with Crippen LogP contribution in [0.5, 0.6) is 11.5 Å². The van der Waals surface area contributed by atoms with Crippen LogP contribution in [0.25, 0.3) is 6.08 Å². The van der Waals surface area contributed by atoms with E-state index in [0.717, 1.165) is 6.20 Å². The first-order valence-corrected chi connectivity index (χ1v) is 5.31. The monoisotopic (exact) mass is 287 g/mol. The number of phenolic OH excluding ortho intramolecular Hbond substituents is 1. The molecule has 0 heterocycles. The van der Waals surface area contributed by atoms with E-state index in [0.29, 0.717) is 22.4 Å². The summed E-state index contributed by atoms with van der Waals surface area (Å²) in [7, 11) is 0. The van der Waals surface area contributed by atoms with Crippen molar-refractivity contribution in [1.82, 2.24) is 0 Å². The fraction of sp³-hybridized carbons (Fsp3) is 0.200. The number of nitro groups is 1. The molecule has 0 unspecified atom stereocenters. The highest BCUT2D eigenvalue weighted by atomic mass is 79.9. The Balaban J connectivity index is 3.08. The van der Waals surface area contributed by atoms with Crippen LogP contribution in [0.15, 0.2) is 22.8 Å². The lowest BCUT2D eigenvalue weighted by Crippen LogP contribution is -1.93. The molecule has 0 aliphatic rings. The van der Waals surface area contributed by atoms with Crippen LogP contribution in [0.1, 0.15) is 12.5 Å². The molecule has 0 fully saturated rings. The summed E-state index contributed by atoms with van der Waals surface area (Å²) in [6.45, 7) is 2.19. The number of benzene rings is 1. The van der Waals surface area contributed by atoms with Crippen molar-refractivity contribution in [2.75, 3.05) is 6.61 Å². The molecule has 0 atom stereocenters. The van der Waals surface area contributed by atoms with E-state index in [9.17, 15) is 15.2 Å². The first-order chi connectivity index (χ1) is 7.54. The molecule has 0 radical (unpaired) electrons. The van der Waals surface area contributed by atoms with Gasteiger partial charge in [0.1, 0.15) is 0 Å². The zero-order valence-corrected chi connectivity index (χ0v) is 10.1. The summed E-state index contributed by atoms with van der Waals surface area (Å²) in [5.41, 5.74) is 0.574. The third kappa shape index (κ3) is 3.23. The average Bonchev–Trinajstić information content (AvgIpc) is 2.22. The number of halogens is 1. The zero-order chi connectivity index (χ0) is 12.1. The molecule has 5 nitrogen and oxygen atoms in total. The molecule has 0 spiro atoms. The molecule has 0 bridgehead atoms. The van der Waals surface area contributed by atoms with E-state index in [-0.39, 0.29) is 5.75 Å². The topological polar surface area (TPSA) is 72.6 Å². The summed E-state index contributed by atoms with van der Waals surface area (Å²) in [6.07, 6.45) is 2.15. The molecule has 1 aromatic rings. The summed E-state index contributed by atoms with van der Waals surface area (Å²) in [6, 6.07) is 3.10. The number of aromatic hydroxyl groups is 1. The minimum atomic E-state index is -0.554. The van der Waals surface area contributed by atoms with Crippen molar-refractivity contribution in [3.05, 3.63) is 38.5 Å². The Labute approximate surface area is 101 Å². The predicted molar refractivity (Wildman–Crippen MR) is 63.0 cm³/mol. The number of hydrogen-bond donors (Lipinski definition) is 1. The van der Waals surface area contributed by atoms with Gasteiger partial charge in [0.15, 0.2) is 11.5 Å². The van der Waals surface area contributed by atoms with Gasteiger partial charge in [0.25, 0.3) is 0 Å². The summed E-state index contributed by atoms with van der Waals surface area (Å²) in [5.74, 6) is 0.278. The van der Waals surface area contributed by atoms with Gasteiger partial charge >= 0.3 is 0 Å². The molecule has 0 aliphatic carbocycles. The molecular formula is C10H10BrNO4. The third-order valence-electron chi connectivity index (χ3n) is 1.74. The van der Waals surface area contributed by atoms with E-state index in [4.69, 9.17) is 4.74 Å². The predicted octanol–water partition coefficient (Wildman–Crippen LogP) is 2.80. The van der Waals surface area contributed by atoms with Crippen LogP contribution in [0, 0.1) is 10.1 Å². The highest BCUT2D eigenvalue weighted by molar-refractivity contribution is 9.10. The normalized spacial score (nSPS) is 10.6. The third-order valence-corrected chi connectivity index (χ3v) is 2.34. The standard InChI is InChI=1S/C10H10BrNO4/c1-2-16-9-6-7(3-4-12(14)15)5-8(11)10(9)13/h3-6,13H,2H2,1H3. The van der Waals surface area contributed by atoms with Crippen molar-refractivity contribution in [2.45, 2.75) is 6.92 Å². The SMILES string of the molecule is CCOc1cc(C=C[N+](=O)[O-])cc(Br)c1O. The molecule has 0 aliphatic heterocycles. The van der Waals surface area contributed by atoms with Crippen LogP contribution >= 0.6 is 15.9 Å². The Morgan fingerprint density at radius 3 is 2.88 bits per heavy atom. The summed E-state index contributed by atoms with van der Waals surface area (Å²) >= 11 is 3.14. The fourth-order valence-electron chi connectivity index (χ4n) is 1.10. The van der Waals surface area contributed by atoms with E-state index < -0.39 is 4.92 Å². The highest BCUT2D eigenvalue weighted by Gasteiger charge is 2.08. The van der Waals surface area contributed by atoms with E-state index in [2.05, 4.69) is 15.9 Å². The summed E-state index contributed by atoms with van der Waals surface area (Å²) in [5, 5.41) is 19.8. The molecule has 6 heteroatoms. The van der Waals surface area contributed by atoms with Gasteiger partial charge < -0.3 is 9.84 Å². The van der Waals surface area contributed by atoms with E-state index >= 15 is 0 Å². The van der Waals surface area contributed by atoms with E-state index in [1.165, 1.54) is 12.1 Å². The quantitative estimate of drug-likeness (QED) is 0.683. The number of rotatable bonds is 4. The van der Waals surface area contributed by atoms with Gasteiger partial charge in [-0.25, -0.2) is 0 Å². The maximum atomic E-state index is 10.2. The van der Waals surface area contributed by atoms with Gasteiger partial charge in [0, 0.05) is 6.08 Å². The van der Waals surface area contributed by atoms with Gasteiger partial charge in [-0.05, 0) is 40.5 Å². The number of hydrogen-bond acceptors (Lipinski definition) is 4. The summed E-state index contributed by atoms with van der Waals surface area (Å²) < 4.78 is 5.61. The van der Waals surface area contributed by atoms with Crippen LogP contribution < -0.4 is 4.74 Å². The zero-order valence-electron chi connectivity index (χ0n) is 8.51. The first-order valence-electron chi connectivity index (χ1n) is 4.51. The molecule has 1 N–H and O–H groups in total. The molecule has 86 valence electrons. The van der Waals surface area contributed by atoms with Crippen molar-refractivity contribution in [2.24, 2.45) is 0 Å². The molecule has 1 aromatic carbocycles. The van der Waals surface area contributed by atoms with E-state index in [1.807, 2.05) is 0 Å². The second kappa shape index (κ2) is 5.50. The number of nitrogens with zero attached hydrogens (tertiary/aromatic N) is 1. The number of phenols is 1. The van der Waals surface area contributed by atoms with Crippen LogP contribution in [0.2, 0.25) is 0 Å². The van der Waals surface area contributed by atoms with Crippen LogP contribution in [-0.2, 0) is 0 Å². The Kier molecular flexibility index (Phi) is 4.30. The molecule has 16 heavy (non-hydrogen) atoms. The Morgan fingerprint density at radius 1 is 1.62 bits per heavy atom. The lowest BCUT2D eigenvalue weighted by atomic mass is 10.2. The Bertz CT molecular complexity index is 431.